The van der Waals surface area contributed by atoms with E-state index in [0.29, 0.717) is 18.2 Å². The molecule has 100 valence electrons. The Morgan fingerprint density at radius 2 is 2.17 bits per heavy atom. The van der Waals surface area contributed by atoms with Crippen LogP contribution in [0.3, 0.4) is 0 Å². The van der Waals surface area contributed by atoms with E-state index in [1.165, 1.54) is 0 Å². The van der Waals surface area contributed by atoms with Crippen molar-refractivity contribution in [3.8, 4) is 5.75 Å². The standard InChI is InChI=1S/C13H17Cl2NO2/c1-3-6-18-12-5-4-11(15)7-10(12)9-16(2)13(17)8-14/h4-5,7H,3,6,8-9H2,1-2H3. The molecule has 0 radical (unpaired) electrons. The fourth-order valence-electron chi connectivity index (χ4n) is 1.47. The Kier molecular flexibility index (Phi) is 6.30. The summed E-state index contributed by atoms with van der Waals surface area (Å²) >= 11 is 11.5. The zero-order chi connectivity index (χ0) is 13.5. The number of benzene rings is 1. The molecule has 0 spiro atoms. The van der Waals surface area contributed by atoms with Gasteiger partial charge in [-0.1, -0.05) is 18.5 Å². The maximum absolute atomic E-state index is 11.4. The minimum absolute atomic E-state index is 0.0256. The van der Waals surface area contributed by atoms with E-state index >= 15 is 0 Å². The Labute approximate surface area is 118 Å². The number of nitrogens with zero attached hydrogens (tertiary/aromatic N) is 1. The summed E-state index contributed by atoms with van der Waals surface area (Å²) in [6.45, 7) is 3.12. The van der Waals surface area contributed by atoms with Crippen LogP contribution in [0, 0.1) is 0 Å². The normalized spacial score (nSPS) is 10.2. The van der Waals surface area contributed by atoms with E-state index in [1.807, 2.05) is 19.1 Å². The minimum Gasteiger partial charge on any atom is -0.493 e. The molecular formula is C13H17Cl2NO2. The Hall–Kier alpha value is -0.930. The Morgan fingerprint density at radius 3 is 2.78 bits per heavy atom. The van der Waals surface area contributed by atoms with E-state index in [0.717, 1.165) is 17.7 Å². The number of amides is 1. The first-order valence-electron chi connectivity index (χ1n) is 5.79. The van der Waals surface area contributed by atoms with Crippen molar-refractivity contribution in [3.05, 3.63) is 28.8 Å². The summed E-state index contributed by atoms with van der Waals surface area (Å²) in [5.41, 5.74) is 0.886. The lowest BCUT2D eigenvalue weighted by Gasteiger charge is -2.18. The van der Waals surface area contributed by atoms with Gasteiger partial charge in [0.15, 0.2) is 0 Å². The summed E-state index contributed by atoms with van der Waals surface area (Å²) in [6.07, 6.45) is 0.929. The third kappa shape index (κ3) is 4.39. The molecule has 0 fully saturated rings. The van der Waals surface area contributed by atoms with Crippen LogP contribution in [0.5, 0.6) is 5.75 Å². The quantitative estimate of drug-likeness (QED) is 0.752. The van der Waals surface area contributed by atoms with Crippen LogP contribution in [0.15, 0.2) is 18.2 Å². The summed E-state index contributed by atoms with van der Waals surface area (Å²) in [5, 5.41) is 0.626. The monoisotopic (exact) mass is 289 g/mol. The van der Waals surface area contributed by atoms with Crippen molar-refractivity contribution in [2.45, 2.75) is 19.9 Å². The number of carbonyl (C=O) groups excluding carboxylic acids is 1. The van der Waals surface area contributed by atoms with E-state index in [9.17, 15) is 4.79 Å². The summed E-state index contributed by atoms with van der Waals surface area (Å²) < 4.78 is 5.63. The first-order valence-corrected chi connectivity index (χ1v) is 6.70. The molecule has 0 heterocycles. The highest BCUT2D eigenvalue weighted by Gasteiger charge is 2.11. The molecule has 1 amide bonds. The van der Waals surface area contributed by atoms with Gasteiger partial charge in [0.1, 0.15) is 11.6 Å². The Balaban J connectivity index is 2.84. The lowest BCUT2D eigenvalue weighted by molar-refractivity contribution is -0.127. The molecule has 0 aliphatic rings. The van der Waals surface area contributed by atoms with Gasteiger partial charge in [0, 0.05) is 24.2 Å². The van der Waals surface area contributed by atoms with Crippen molar-refractivity contribution in [1.82, 2.24) is 4.90 Å². The molecule has 1 rings (SSSR count). The van der Waals surface area contributed by atoms with Crippen molar-refractivity contribution in [1.29, 1.82) is 0 Å². The fourth-order valence-corrected chi connectivity index (χ4v) is 1.87. The van der Waals surface area contributed by atoms with Gasteiger partial charge in [-0.25, -0.2) is 0 Å². The van der Waals surface area contributed by atoms with Crippen LogP contribution in [0.25, 0.3) is 0 Å². The number of ether oxygens (including phenoxy) is 1. The smallest absolute Gasteiger partial charge is 0.237 e. The fraction of sp³-hybridized carbons (Fsp3) is 0.462. The largest absolute Gasteiger partial charge is 0.493 e. The Bertz CT molecular complexity index is 410. The maximum Gasteiger partial charge on any atom is 0.237 e. The average molecular weight is 290 g/mol. The van der Waals surface area contributed by atoms with Gasteiger partial charge in [-0.15, -0.1) is 11.6 Å². The molecule has 0 saturated carbocycles. The predicted octanol–water partition coefficient (Wildman–Crippen LogP) is 3.33. The topological polar surface area (TPSA) is 29.5 Å². The summed E-state index contributed by atoms with van der Waals surface area (Å²) in [4.78, 5) is 13.0. The minimum atomic E-state index is -0.127. The van der Waals surface area contributed by atoms with E-state index in [4.69, 9.17) is 27.9 Å². The van der Waals surface area contributed by atoms with Gasteiger partial charge >= 0.3 is 0 Å². The van der Waals surface area contributed by atoms with Crippen LogP contribution in [0.1, 0.15) is 18.9 Å². The molecular weight excluding hydrogens is 273 g/mol. The van der Waals surface area contributed by atoms with Crippen LogP contribution >= 0.6 is 23.2 Å². The second-order valence-electron chi connectivity index (χ2n) is 3.98. The Morgan fingerprint density at radius 1 is 1.44 bits per heavy atom. The van der Waals surface area contributed by atoms with E-state index in [2.05, 4.69) is 0 Å². The van der Waals surface area contributed by atoms with Crippen LogP contribution in [0.2, 0.25) is 5.02 Å². The zero-order valence-electron chi connectivity index (χ0n) is 10.6. The number of hydrogen-bond donors (Lipinski definition) is 0. The van der Waals surface area contributed by atoms with E-state index in [1.54, 1.807) is 18.0 Å². The molecule has 0 atom stereocenters. The third-order valence-corrected chi connectivity index (χ3v) is 2.90. The highest BCUT2D eigenvalue weighted by molar-refractivity contribution is 6.30. The molecule has 0 unspecified atom stereocenters. The second kappa shape index (κ2) is 7.49. The van der Waals surface area contributed by atoms with Crippen molar-refractivity contribution in [3.63, 3.8) is 0 Å². The second-order valence-corrected chi connectivity index (χ2v) is 4.69. The van der Waals surface area contributed by atoms with Crippen LogP contribution in [-0.2, 0) is 11.3 Å². The molecule has 0 aliphatic heterocycles. The lowest BCUT2D eigenvalue weighted by Crippen LogP contribution is -2.27. The molecule has 1 aromatic carbocycles. The number of carbonyl (C=O) groups is 1. The number of rotatable bonds is 6. The SMILES string of the molecule is CCCOc1ccc(Cl)cc1CN(C)C(=O)CCl. The van der Waals surface area contributed by atoms with Gasteiger partial charge in [-0.2, -0.15) is 0 Å². The first-order chi connectivity index (χ1) is 8.58. The van der Waals surface area contributed by atoms with Crippen molar-refractivity contribution >= 4 is 29.1 Å². The predicted molar refractivity (Wildman–Crippen MR) is 74.4 cm³/mol. The van der Waals surface area contributed by atoms with Gasteiger partial charge in [-0.05, 0) is 24.6 Å². The first kappa shape index (κ1) is 15.1. The van der Waals surface area contributed by atoms with E-state index < -0.39 is 0 Å². The average Bonchev–Trinajstić information content (AvgIpc) is 2.36. The van der Waals surface area contributed by atoms with Crippen molar-refractivity contribution in [2.75, 3.05) is 19.5 Å². The number of alkyl halides is 1. The molecule has 5 heteroatoms. The molecule has 18 heavy (non-hydrogen) atoms. The highest BCUT2D eigenvalue weighted by atomic mass is 35.5. The van der Waals surface area contributed by atoms with Gasteiger partial charge in [0.2, 0.25) is 5.91 Å². The van der Waals surface area contributed by atoms with Crippen molar-refractivity contribution < 1.29 is 9.53 Å². The zero-order valence-corrected chi connectivity index (χ0v) is 12.1. The van der Waals surface area contributed by atoms with Crippen LogP contribution in [0.4, 0.5) is 0 Å². The molecule has 0 saturated heterocycles. The summed E-state index contributed by atoms with van der Waals surface area (Å²) in [7, 11) is 1.70. The van der Waals surface area contributed by atoms with Crippen LogP contribution < -0.4 is 4.74 Å². The molecule has 0 aliphatic carbocycles. The van der Waals surface area contributed by atoms with Crippen molar-refractivity contribution in [2.24, 2.45) is 0 Å². The molecule has 0 bridgehead atoms. The molecule has 3 nitrogen and oxygen atoms in total. The lowest BCUT2D eigenvalue weighted by atomic mass is 10.2. The highest BCUT2D eigenvalue weighted by Crippen LogP contribution is 2.24. The van der Waals surface area contributed by atoms with Gasteiger partial charge < -0.3 is 9.64 Å². The molecule has 0 N–H and O–H groups in total. The summed E-state index contributed by atoms with van der Waals surface area (Å²) in [5.74, 6) is 0.607. The van der Waals surface area contributed by atoms with Crippen LogP contribution in [-0.4, -0.2) is 30.3 Å². The number of hydrogen-bond acceptors (Lipinski definition) is 2. The van der Waals surface area contributed by atoms with Gasteiger partial charge in [-0.3, -0.25) is 4.79 Å². The summed E-state index contributed by atoms with van der Waals surface area (Å²) in [6, 6.07) is 5.41. The third-order valence-electron chi connectivity index (χ3n) is 2.43. The number of halogens is 2. The molecule has 0 aromatic heterocycles. The van der Waals surface area contributed by atoms with E-state index in [-0.39, 0.29) is 11.8 Å². The van der Waals surface area contributed by atoms with Gasteiger partial charge in [0.25, 0.3) is 0 Å². The maximum atomic E-state index is 11.4. The molecule has 1 aromatic rings. The van der Waals surface area contributed by atoms with Gasteiger partial charge in [0.05, 0.1) is 6.61 Å².